The van der Waals surface area contributed by atoms with Crippen molar-refractivity contribution in [3.63, 3.8) is 0 Å². The number of likely N-dealkylation sites (tertiary alicyclic amines) is 1. The van der Waals surface area contributed by atoms with E-state index < -0.39 is 0 Å². The molecule has 0 spiro atoms. The van der Waals surface area contributed by atoms with Gasteiger partial charge >= 0.3 is 0 Å². The Hall–Kier alpha value is -1.35. The number of carbonyl (C=O) groups excluding carboxylic acids is 1. The van der Waals surface area contributed by atoms with Crippen molar-refractivity contribution in [3.8, 4) is 0 Å². The number of nitrogens with zero attached hydrogens (tertiary/aromatic N) is 1. The highest BCUT2D eigenvalue weighted by atomic mass is 16.2. The van der Waals surface area contributed by atoms with Gasteiger partial charge in [-0.05, 0) is 31.4 Å². The number of amides is 1. The van der Waals surface area contributed by atoms with Crippen LogP contribution >= 0.6 is 0 Å². The van der Waals surface area contributed by atoms with Gasteiger partial charge in [-0.1, -0.05) is 50.1 Å². The molecule has 1 aliphatic heterocycles. The molecule has 1 saturated heterocycles. The van der Waals surface area contributed by atoms with E-state index in [9.17, 15) is 4.79 Å². The largest absolute Gasteiger partial charge is 0.342 e. The van der Waals surface area contributed by atoms with E-state index in [1.807, 2.05) is 0 Å². The lowest BCUT2D eigenvalue weighted by Crippen LogP contribution is -2.51. The summed E-state index contributed by atoms with van der Waals surface area (Å²) in [4.78, 5) is 14.5. The molecule has 0 aromatic heterocycles. The molecule has 1 aromatic rings. The molecule has 0 bridgehead atoms. The van der Waals surface area contributed by atoms with Crippen molar-refractivity contribution in [2.24, 2.45) is 5.92 Å². The van der Waals surface area contributed by atoms with Gasteiger partial charge in [-0.25, -0.2) is 0 Å². The van der Waals surface area contributed by atoms with Gasteiger partial charge in [0.1, 0.15) is 0 Å². The third kappa shape index (κ3) is 4.31. The quantitative estimate of drug-likeness (QED) is 0.903. The summed E-state index contributed by atoms with van der Waals surface area (Å²) >= 11 is 0. The van der Waals surface area contributed by atoms with Crippen LogP contribution in [0.1, 0.15) is 37.8 Å². The molecule has 0 radical (unpaired) electrons. The Morgan fingerprint density at radius 2 is 2.00 bits per heavy atom. The molecule has 1 heterocycles. The lowest BCUT2D eigenvalue weighted by molar-refractivity contribution is -0.132. The average molecular weight is 288 g/mol. The molecule has 3 nitrogen and oxygen atoms in total. The molecule has 1 aromatic carbocycles. The predicted octanol–water partition coefficient (Wildman–Crippen LogP) is 2.77. The molecule has 3 heteroatoms. The number of piperidine rings is 1. The Bertz CT molecular complexity index is 455. The van der Waals surface area contributed by atoms with Gasteiger partial charge in [-0.15, -0.1) is 0 Å². The Balaban J connectivity index is 1.92. The molecule has 0 aliphatic carbocycles. The molecule has 116 valence electrons. The smallest absolute Gasteiger partial charge is 0.227 e. The third-order valence-electron chi connectivity index (χ3n) is 4.55. The first-order valence-corrected chi connectivity index (χ1v) is 8.20. The standard InChI is InChI=1S/C18H28N2O/c1-4-16-13-20(11-10-17(16)19-5-2)18(21)12-15-8-6-14(3)7-9-15/h6-9,16-17,19H,4-5,10-13H2,1-3H3. The lowest BCUT2D eigenvalue weighted by Gasteiger charge is -2.38. The topological polar surface area (TPSA) is 32.3 Å². The molecule has 1 fully saturated rings. The highest BCUT2D eigenvalue weighted by Crippen LogP contribution is 2.21. The number of hydrogen-bond acceptors (Lipinski definition) is 2. The monoisotopic (exact) mass is 288 g/mol. The zero-order valence-corrected chi connectivity index (χ0v) is 13.6. The van der Waals surface area contributed by atoms with E-state index >= 15 is 0 Å². The maximum absolute atomic E-state index is 12.5. The molecule has 0 saturated carbocycles. The van der Waals surface area contributed by atoms with Crippen molar-refractivity contribution < 1.29 is 4.79 Å². The van der Waals surface area contributed by atoms with Crippen LogP contribution in [0.4, 0.5) is 0 Å². The number of hydrogen-bond donors (Lipinski definition) is 1. The van der Waals surface area contributed by atoms with Crippen LogP contribution in [0.15, 0.2) is 24.3 Å². The zero-order chi connectivity index (χ0) is 15.2. The summed E-state index contributed by atoms with van der Waals surface area (Å²) in [7, 11) is 0. The summed E-state index contributed by atoms with van der Waals surface area (Å²) in [6.07, 6.45) is 2.74. The van der Waals surface area contributed by atoms with E-state index in [1.165, 1.54) is 5.56 Å². The first-order chi connectivity index (χ1) is 10.1. The maximum Gasteiger partial charge on any atom is 0.227 e. The van der Waals surface area contributed by atoms with E-state index in [0.29, 0.717) is 18.4 Å². The van der Waals surface area contributed by atoms with Gasteiger partial charge in [-0.3, -0.25) is 4.79 Å². The second-order valence-electron chi connectivity index (χ2n) is 6.12. The normalized spacial score (nSPS) is 22.3. The van der Waals surface area contributed by atoms with Gasteiger partial charge in [0, 0.05) is 19.1 Å². The molecular formula is C18H28N2O. The van der Waals surface area contributed by atoms with E-state index in [1.54, 1.807) is 0 Å². The summed E-state index contributed by atoms with van der Waals surface area (Å²) in [5.41, 5.74) is 2.36. The first kappa shape index (κ1) is 16.0. The van der Waals surface area contributed by atoms with Crippen molar-refractivity contribution in [1.29, 1.82) is 0 Å². The second-order valence-corrected chi connectivity index (χ2v) is 6.12. The van der Waals surface area contributed by atoms with E-state index in [0.717, 1.165) is 38.0 Å². The van der Waals surface area contributed by atoms with E-state index in [-0.39, 0.29) is 5.91 Å². The second kappa shape index (κ2) is 7.60. The van der Waals surface area contributed by atoms with Crippen LogP contribution < -0.4 is 5.32 Å². The number of carbonyl (C=O) groups is 1. The molecule has 1 aliphatic rings. The van der Waals surface area contributed by atoms with Gasteiger partial charge in [0.25, 0.3) is 0 Å². The fourth-order valence-electron chi connectivity index (χ4n) is 3.20. The van der Waals surface area contributed by atoms with Crippen LogP contribution in [-0.4, -0.2) is 36.5 Å². The highest BCUT2D eigenvalue weighted by molar-refractivity contribution is 5.78. The minimum Gasteiger partial charge on any atom is -0.342 e. The van der Waals surface area contributed by atoms with E-state index in [2.05, 4.69) is 55.3 Å². The highest BCUT2D eigenvalue weighted by Gasteiger charge is 2.29. The van der Waals surface area contributed by atoms with Crippen molar-refractivity contribution in [3.05, 3.63) is 35.4 Å². The molecule has 2 atom stereocenters. The van der Waals surface area contributed by atoms with Crippen LogP contribution in [0.3, 0.4) is 0 Å². The van der Waals surface area contributed by atoms with Gasteiger partial charge in [0.2, 0.25) is 5.91 Å². The summed E-state index contributed by atoms with van der Waals surface area (Å²) in [5, 5.41) is 3.56. The zero-order valence-electron chi connectivity index (χ0n) is 13.6. The van der Waals surface area contributed by atoms with Gasteiger partial charge in [-0.2, -0.15) is 0 Å². The molecule has 2 unspecified atom stereocenters. The minimum absolute atomic E-state index is 0.271. The Morgan fingerprint density at radius 1 is 1.29 bits per heavy atom. The van der Waals surface area contributed by atoms with Gasteiger partial charge in [0.15, 0.2) is 0 Å². The maximum atomic E-state index is 12.5. The SMILES string of the molecule is CCNC1CCN(C(=O)Cc2ccc(C)cc2)CC1CC. The summed E-state index contributed by atoms with van der Waals surface area (Å²) in [6.45, 7) is 9.25. The molecule has 21 heavy (non-hydrogen) atoms. The number of rotatable bonds is 5. The van der Waals surface area contributed by atoms with Crippen LogP contribution in [0.25, 0.3) is 0 Å². The molecule has 1 N–H and O–H groups in total. The Kier molecular flexibility index (Phi) is 5.80. The predicted molar refractivity (Wildman–Crippen MR) is 87.3 cm³/mol. The fourth-order valence-corrected chi connectivity index (χ4v) is 3.20. The minimum atomic E-state index is 0.271. The van der Waals surface area contributed by atoms with Crippen LogP contribution in [0, 0.1) is 12.8 Å². The first-order valence-electron chi connectivity index (χ1n) is 8.20. The Labute approximate surface area is 128 Å². The summed E-state index contributed by atoms with van der Waals surface area (Å²) in [5.74, 6) is 0.855. The van der Waals surface area contributed by atoms with Gasteiger partial charge < -0.3 is 10.2 Å². The van der Waals surface area contributed by atoms with Crippen LogP contribution in [-0.2, 0) is 11.2 Å². The fraction of sp³-hybridized carbons (Fsp3) is 0.611. The summed E-state index contributed by atoms with van der Waals surface area (Å²) in [6, 6.07) is 8.86. The van der Waals surface area contributed by atoms with Crippen molar-refractivity contribution in [2.75, 3.05) is 19.6 Å². The lowest BCUT2D eigenvalue weighted by atomic mass is 9.89. The van der Waals surface area contributed by atoms with Gasteiger partial charge in [0.05, 0.1) is 6.42 Å². The van der Waals surface area contributed by atoms with E-state index in [4.69, 9.17) is 0 Å². The molecular weight excluding hydrogens is 260 g/mol. The van der Waals surface area contributed by atoms with Crippen LogP contribution in [0.5, 0.6) is 0 Å². The number of aryl methyl sites for hydroxylation is 1. The van der Waals surface area contributed by atoms with Crippen molar-refractivity contribution in [2.45, 2.75) is 46.1 Å². The molecule has 2 rings (SSSR count). The van der Waals surface area contributed by atoms with Crippen molar-refractivity contribution in [1.82, 2.24) is 10.2 Å². The third-order valence-corrected chi connectivity index (χ3v) is 4.55. The number of benzene rings is 1. The molecule has 1 amide bonds. The van der Waals surface area contributed by atoms with Crippen LogP contribution in [0.2, 0.25) is 0 Å². The Morgan fingerprint density at radius 3 is 2.62 bits per heavy atom. The average Bonchev–Trinajstić information content (AvgIpc) is 2.50. The summed E-state index contributed by atoms with van der Waals surface area (Å²) < 4.78 is 0. The number of nitrogens with one attached hydrogen (secondary N) is 1. The van der Waals surface area contributed by atoms with Crippen molar-refractivity contribution >= 4 is 5.91 Å².